The van der Waals surface area contributed by atoms with E-state index in [0.717, 1.165) is 27.0 Å². The predicted molar refractivity (Wildman–Crippen MR) is 165 cm³/mol. The molecule has 0 spiro atoms. The van der Waals surface area contributed by atoms with E-state index in [1.165, 1.54) is 0 Å². The number of aliphatic hydroxyl groups is 1. The van der Waals surface area contributed by atoms with E-state index in [9.17, 15) is 10.2 Å². The van der Waals surface area contributed by atoms with Crippen LogP contribution in [0.5, 0.6) is 11.5 Å². The zero-order valence-corrected chi connectivity index (χ0v) is 24.9. The van der Waals surface area contributed by atoms with Gasteiger partial charge in [-0.1, -0.05) is 108 Å². The summed E-state index contributed by atoms with van der Waals surface area (Å²) in [6.45, 7) is 13.0. The number of hydrogen-bond acceptors (Lipinski definition) is 3. The highest BCUT2D eigenvalue weighted by Crippen LogP contribution is 2.58. The molecule has 1 atom stereocenters. The summed E-state index contributed by atoms with van der Waals surface area (Å²) in [6, 6.07) is 34.4. The molecule has 0 saturated carbocycles. The van der Waals surface area contributed by atoms with Crippen molar-refractivity contribution in [2.45, 2.75) is 58.5 Å². The molecule has 3 nitrogen and oxygen atoms in total. The van der Waals surface area contributed by atoms with Crippen LogP contribution in [0, 0.1) is 0 Å². The van der Waals surface area contributed by atoms with Crippen LogP contribution < -0.4 is 25.8 Å². The van der Waals surface area contributed by atoms with Gasteiger partial charge in [0.25, 0.3) is 0 Å². The highest BCUT2D eigenvalue weighted by molar-refractivity contribution is 7.95. The fourth-order valence-corrected chi connectivity index (χ4v) is 9.47. The normalized spacial score (nSPS) is 13.2. The summed E-state index contributed by atoms with van der Waals surface area (Å²) in [5.41, 5.74) is 1.47. The van der Waals surface area contributed by atoms with E-state index in [1.807, 2.05) is 66.7 Å². The second-order valence-electron chi connectivity index (χ2n) is 12.3. The molecule has 0 aliphatic rings. The Kier molecular flexibility index (Phi) is 8.54. The van der Waals surface area contributed by atoms with E-state index in [-0.39, 0.29) is 23.2 Å². The summed E-state index contributed by atoms with van der Waals surface area (Å²) in [6.07, 6.45) is -0.380. The maximum atomic E-state index is 14.6. The molecule has 0 amide bonds. The number of rotatable bonds is 8. The zero-order valence-electron chi connectivity index (χ0n) is 24.0. The lowest BCUT2D eigenvalue weighted by Gasteiger charge is -2.37. The van der Waals surface area contributed by atoms with Crippen LogP contribution in [-0.4, -0.2) is 24.0 Å². The van der Waals surface area contributed by atoms with Gasteiger partial charge in [-0.2, -0.15) is 0 Å². The van der Waals surface area contributed by atoms with Gasteiger partial charge in [0.2, 0.25) is 0 Å². The molecule has 4 rings (SSSR count). The summed E-state index contributed by atoms with van der Waals surface area (Å²) in [5.74, 6) is 0.793. The molecule has 4 aromatic rings. The quantitative estimate of drug-likeness (QED) is 0.275. The van der Waals surface area contributed by atoms with E-state index < -0.39 is 13.4 Å². The van der Waals surface area contributed by atoms with Crippen molar-refractivity contribution in [3.63, 3.8) is 0 Å². The van der Waals surface area contributed by atoms with E-state index in [4.69, 9.17) is 4.74 Å². The van der Waals surface area contributed by atoms with Gasteiger partial charge < -0.3 is 14.9 Å². The molecule has 0 fully saturated rings. The van der Waals surface area contributed by atoms with E-state index in [2.05, 4.69) is 77.9 Å². The first-order valence-corrected chi connectivity index (χ1v) is 15.6. The Morgan fingerprint density at radius 2 is 1.21 bits per heavy atom. The number of ether oxygens (including phenoxy) is 1. The molecule has 0 bridgehead atoms. The average Bonchev–Trinajstić information content (AvgIpc) is 2.91. The maximum Gasteiger partial charge on any atom is 0.123 e. The second kappa shape index (κ2) is 11.5. The molecule has 0 aromatic heterocycles. The fraction of sp³-hybridized carbons (Fsp3) is 0.314. The van der Waals surface area contributed by atoms with E-state index in [0.29, 0.717) is 11.9 Å². The monoisotopic (exact) mass is 540 g/mol. The largest absolute Gasteiger partial charge is 0.870 e. The lowest BCUT2D eigenvalue weighted by molar-refractivity contribution is -0.268. The number of benzene rings is 4. The first kappa shape index (κ1) is 28.9. The van der Waals surface area contributed by atoms with E-state index in [1.54, 1.807) is 0 Å². The van der Waals surface area contributed by atoms with Gasteiger partial charge in [-0.05, 0) is 64.4 Å². The topological polar surface area (TPSA) is 52.5 Å². The van der Waals surface area contributed by atoms with Crippen molar-refractivity contribution in [3.8, 4) is 11.5 Å². The minimum atomic E-state index is -2.60. The minimum absolute atomic E-state index is 0.0766. The van der Waals surface area contributed by atoms with Gasteiger partial charge in [0.15, 0.2) is 0 Å². The molecule has 0 aliphatic heterocycles. The van der Waals surface area contributed by atoms with Gasteiger partial charge in [0.1, 0.15) is 42.5 Å². The summed E-state index contributed by atoms with van der Waals surface area (Å²) in [5, 5.41) is 29.1. The summed E-state index contributed by atoms with van der Waals surface area (Å²) < 4.78 is 6.00. The fourth-order valence-electron chi connectivity index (χ4n) is 5.07. The van der Waals surface area contributed by atoms with Gasteiger partial charge in [0.05, 0.1) is 5.30 Å². The third kappa shape index (κ3) is 6.38. The van der Waals surface area contributed by atoms with Crippen LogP contribution in [0.2, 0.25) is 0 Å². The lowest BCUT2D eigenvalue weighted by atomic mass is 9.80. The summed E-state index contributed by atoms with van der Waals surface area (Å²) in [7, 11) is -2.60. The summed E-state index contributed by atoms with van der Waals surface area (Å²) >= 11 is 0. The Balaban J connectivity index is 1.99. The van der Waals surface area contributed by atoms with Crippen LogP contribution in [0.15, 0.2) is 103 Å². The highest BCUT2D eigenvalue weighted by Gasteiger charge is 2.48. The molecule has 39 heavy (non-hydrogen) atoms. The molecule has 0 radical (unpaired) electrons. The maximum absolute atomic E-state index is 14.6. The molecule has 4 aromatic carbocycles. The number of hydrogen-bond donors (Lipinski definition) is 1. The van der Waals surface area contributed by atoms with Crippen molar-refractivity contribution < 1.29 is 14.9 Å². The predicted octanol–water partition coefficient (Wildman–Crippen LogP) is 6.09. The standard InChI is InChI=1S/C35H41O3P/c1-34(2,3)26-22-31(35(4,5)6)33(37)32(23-26)39(29-18-12-8-13-19-29,30-20-14-9-15-21-30)25-27(36)24-38-28-16-10-7-11-17-28/h7-23,27,36H,24-25H2,1-6H3. The Morgan fingerprint density at radius 3 is 1.67 bits per heavy atom. The van der Waals surface area contributed by atoms with Gasteiger partial charge >= 0.3 is 0 Å². The van der Waals surface area contributed by atoms with Gasteiger partial charge in [-0.25, -0.2) is 0 Å². The van der Waals surface area contributed by atoms with Crippen molar-refractivity contribution in [2.75, 3.05) is 12.8 Å². The molecule has 0 saturated heterocycles. The lowest BCUT2D eigenvalue weighted by Crippen LogP contribution is -2.41. The highest BCUT2D eigenvalue weighted by atomic mass is 31.2. The third-order valence-electron chi connectivity index (χ3n) is 7.22. The molecule has 204 valence electrons. The Morgan fingerprint density at radius 1 is 0.718 bits per heavy atom. The van der Waals surface area contributed by atoms with Crippen molar-refractivity contribution in [1.29, 1.82) is 0 Å². The van der Waals surface area contributed by atoms with Crippen molar-refractivity contribution in [1.82, 2.24) is 0 Å². The zero-order chi connectivity index (χ0) is 28.3. The third-order valence-corrected chi connectivity index (χ3v) is 11.7. The minimum Gasteiger partial charge on any atom is -0.870 e. The average molecular weight is 541 g/mol. The molecule has 4 heteroatoms. The molecule has 1 N–H and O–H groups in total. The van der Waals surface area contributed by atoms with Crippen LogP contribution in [0.1, 0.15) is 52.7 Å². The van der Waals surface area contributed by atoms with Gasteiger partial charge in [0, 0.05) is 0 Å². The smallest absolute Gasteiger partial charge is 0.123 e. The van der Waals surface area contributed by atoms with Crippen molar-refractivity contribution in [3.05, 3.63) is 114 Å². The Bertz CT molecular complexity index is 1310. The summed E-state index contributed by atoms with van der Waals surface area (Å²) in [4.78, 5) is 0. The van der Waals surface area contributed by atoms with Crippen molar-refractivity contribution in [2.24, 2.45) is 0 Å². The molecule has 0 heterocycles. The van der Waals surface area contributed by atoms with Crippen LogP contribution in [-0.2, 0) is 10.8 Å². The Labute approximate surface area is 234 Å². The molecular weight excluding hydrogens is 499 g/mol. The first-order chi connectivity index (χ1) is 18.4. The molecule has 0 aliphatic carbocycles. The number of aliphatic hydroxyl groups excluding tert-OH is 1. The molecule has 1 unspecified atom stereocenters. The first-order valence-electron chi connectivity index (χ1n) is 13.6. The SMILES string of the molecule is CC(C)(C)c1cc(C(C)(C)C)c([O-])c([P+](CC(O)COc2ccccc2)(c2ccccc2)c2ccccc2)c1. The van der Waals surface area contributed by atoms with E-state index >= 15 is 0 Å². The van der Waals surface area contributed by atoms with Crippen LogP contribution in [0.4, 0.5) is 0 Å². The number of para-hydroxylation sites is 1. The van der Waals surface area contributed by atoms with Crippen LogP contribution in [0.3, 0.4) is 0 Å². The van der Waals surface area contributed by atoms with Crippen LogP contribution in [0.25, 0.3) is 0 Å². The van der Waals surface area contributed by atoms with Crippen LogP contribution >= 0.6 is 7.26 Å². The van der Waals surface area contributed by atoms with Crippen molar-refractivity contribution >= 4 is 23.2 Å². The van der Waals surface area contributed by atoms with Gasteiger partial charge in [-0.15, -0.1) is 0 Å². The Hall–Kier alpha value is -3.13. The van der Waals surface area contributed by atoms with Gasteiger partial charge in [-0.3, -0.25) is 0 Å². The second-order valence-corrected chi connectivity index (χ2v) is 15.8. The molecular formula is C35H41O3P.